The summed E-state index contributed by atoms with van der Waals surface area (Å²) >= 11 is 5.86. The molecule has 2 nitrogen and oxygen atoms in total. The minimum absolute atomic E-state index is 0.609. The van der Waals surface area contributed by atoms with E-state index in [2.05, 4.69) is 29.6 Å². The molecule has 0 spiro atoms. The molecule has 2 rings (SSSR count). The predicted octanol–water partition coefficient (Wildman–Crippen LogP) is 3.82. The largest absolute Gasteiger partial charge is 0.372 e. The molecule has 3 heteroatoms. The maximum Gasteiger partial charge on any atom is 0.0724 e. The van der Waals surface area contributed by atoms with Gasteiger partial charge in [0.05, 0.1) is 13.2 Å². The van der Waals surface area contributed by atoms with Crippen molar-refractivity contribution in [2.75, 3.05) is 13.6 Å². The maximum atomic E-state index is 5.86. The molecule has 0 saturated heterocycles. The fourth-order valence-electron chi connectivity index (χ4n) is 2.06. The summed E-state index contributed by atoms with van der Waals surface area (Å²) in [4.78, 5) is 0. The van der Waals surface area contributed by atoms with Crippen LogP contribution in [-0.4, -0.2) is 13.6 Å². The summed E-state index contributed by atoms with van der Waals surface area (Å²) in [5.74, 6) is 0. The van der Waals surface area contributed by atoms with E-state index in [0.717, 1.165) is 23.6 Å². The number of benzene rings is 2. The van der Waals surface area contributed by atoms with Crippen LogP contribution in [-0.2, 0) is 24.4 Å². The van der Waals surface area contributed by atoms with Gasteiger partial charge in [-0.05, 0) is 48.8 Å². The molecule has 0 heterocycles. The molecule has 106 valence electrons. The highest BCUT2D eigenvalue weighted by Crippen LogP contribution is 2.14. The van der Waals surface area contributed by atoms with Gasteiger partial charge >= 0.3 is 0 Å². The van der Waals surface area contributed by atoms with Gasteiger partial charge in [-0.1, -0.05) is 48.0 Å². The Morgan fingerprint density at radius 2 is 1.65 bits per heavy atom. The van der Waals surface area contributed by atoms with Crippen LogP contribution in [0.1, 0.15) is 16.7 Å². The van der Waals surface area contributed by atoms with Crippen molar-refractivity contribution in [1.29, 1.82) is 0 Å². The lowest BCUT2D eigenvalue weighted by atomic mass is 10.1. The summed E-state index contributed by atoms with van der Waals surface area (Å²) in [7, 11) is 1.97. The van der Waals surface area contributed by atoms with Crippen molar-refractivity contribution < 1.29 is 4.74 Å². The number of halogens is 1. The smallest absolute Gasteiger partial charge is 0.0724 e. The van der Waals surface area contributed by atoms with E-state index >= 15 is 0 Å². The quantitative estimate of drug-likeness (QED) is 0.837. The summed E-state index contributed by atoms with van der Waals surface area (Å²) in [6.45, 7) is 2.23. The molecule has 1 N–H and O–H groups in total. The van der Waals surface area contributed by atoms with Gasteiger partial charge in [-0.25, -0.2) is 0 Å². The lowest BCUT2D eigenvalue weighted by Gasteiger charge is -2.10. The van der Waals surface area contributed by atoms with Crippen molar-refractivity contribution in [3.05, 3.63) is 70.2 Å². The van der Waals surface area contributed by atoms with Crippen LogP contribution in [0.4, 0.5) is 0 Å². The first-order chi connectivity index (χ1) is 9.79. The number of likely N-dealkylation sites (N-methyl/N-ethyl adjacent to an activating group) is 1. The van der Waals surface area contributed by atoms with Gasteiger partial charge in [-0.2, -0.15) is 0 Å². The Hall–Kier alpha value is -1.35. The molecule has 0 atom stereocenters. The van der Waals surface area contributed by atoms with Gasteiger partial charge in [-0.3, -0.25) is 0 Å². The van der Waals surface area contributed by atoms with Crippen LogP contribution < -0.4 is 5.32 Å². The van der Waals surface area contributed by atoms with Gasteiger partial charge in [0.15, 0.2) is 0 Å². The van der Waals surface area contributed by atoms with Crippen molar-refractivity contribution in [1.82, 2.24) is 5.32 Å². The molecule has 0 aliphatic heterocycles. The molecule has 0 radical (unpaired) electrons. The number of ether oxygens (including phenoxy) is 1. The van der Waals surface area contributed by atoms with E-state index in [1.807, 2.05) is 31.3 Å². The number of rotatable bonds is 7. The molecule has 0 fully saturated rings. The SMILES string of the molecule is CNCCc1ccccc1COCc1ccc(Cl)cc1. The van der Waals surface area contributed by atoms with Crippen LogP contribution >= 0.6 is 11.6 Å². The zero-order valence-corrected chi connectivity index (χ0v) is 12.5. The zero-order valence-electron chi connectivity index (χ0n) is 11.7. The summed E-state index contributed by atoms with van der Waals surface area (Å²) in [6.07, 6.45) is 1.02. The Bertz CT molecular complexity index is 525. The Labute approximate surface area is 125 Å². The molecule has 2 aromatic rings. The number of hydrogen-bond donors (Lipinski definition) is 1. The minimum atomic E-state index is 0.609. The van der Waals surface area contributed by atoms with Crippen LogP contribution in [0.3, 0.4) is 0 Å². The molecule has 20 heavy (non-hydrogen) atoms. The first-order valence-corrected chi connectivity index (χ1v) is 7.21. The van der Waals surface area contributed by atoms with E-state index in [1.54, 1.807) is 0 Å². The summed E-state index contributed by atoms with van der Waals surface area (Å²) < 4.78 is 5.80. The number of nitrogens with one attached hydrogen (secondary N) is 1. The second kappa shape index (κ2) is 8.05. The standard InChI is InChI=1S/C17H20ClNO/c1-19-11-10-15-4-2-3-5-16(15)13-20-12-14-6-8-17(18)9-7-14/h2-9,19H,10-13H2,1H3. The summed E-state index contributed by atoms with van der Waals surface area (Å²) in [5.41, 5.74) is 3.75. The van der Waals surface area contributed by atoms with Gasteiger partial charge in [0, 0.05) is 5.02 Å². The Morgan fingerprint density at radius 3 is 2.35 bits per heavy atom. The molecule has 0 bridgehead atoms. The lowest BCUT2D eigenvalue weighted by Crippen LogP contribution is -2.11. The molecule has 0 saturated carbocycles. The second-order valence-corrected chi connectivity index (χ2v) is 5.18. The third-order valence-corrected chi connectivity index (χ3v) is 3.45. The lowest BCUT2D eigenvalue weighted by molar-refractivity contribution is 0.106. The second-order valence-electron chi connectivity index (χ2n) is 4.74. The van der Waals surface area contributed by atoms with E-state index in [1.165, 1.54) is 11.1 Å². The molecule has 0 aliphatic rings. The van der Waals surface area contributed by atoms with Crippen LogP contribution in [0.15, 0.2) is 48.5 Å². The third-order valence-electron chi connectivity index (χ3n) is 3.20. The first kappa shape index (κ1) is 15.0. The molecular formula is C17H20ClNO. The van der Waals surface area contributed by atoms with E-state index in [4.69, 9.17) is 16.3 Å². The maximum absolute atomic E-state index is 5.86. The highest BCUT2D eigenvalue weighted by atomic mass is 35.5. The van der Waals surface area contributed by atoms with Crippen LogP contribution in [0.25, 0.3) is 0 Å². The average molecular weight is 290 g/mol. The Balaban J connectivity index is 1.88. The van der Waals surface area contributed by atoms with E-state index in [0.29, 0.717) is 13.2 Å². The van der Waals surface area contributed by atoms with Crippen LogP contribution in [0.2, 0.25) is 5.02 Å². The zero-order chi connectivity index (χ0) is 14.2. The van der Waals surface area contributed by atoms with Crippen molar-refractivity contribution in [2.45, 2.75) is 19.6 Å². The fraction of sp³-hybridized carbons (Fsp3) is 0.294. The fourth-order valence-corrected chi connectivity index (χ4v) is 2.19. The molecule has 0 aromatic heterocycles. The van der Waals surface area contributed by atoms with Gasteiger partial charge in [0.1, 0.15) is 0 Å². The minimum Gasteiger partial charge on any atom is -0.372 e. The van der Waals surface area contributed by atoms with Crippen LogP contribution in [0.5, 0.6) is 0 Å². The van der Waals surface area contributed by atoms with Gasteiger partial charge in [0.25, 0.3) is 0 Å². The third kappa shape index (κ3) is 4.64. The average Bonchev–Trinajstić information content (AvgIpc) is 2.48. The summed E-state index contributed by atoms with van der Waals surface area (Å²) in [6, 6.07) is 16.2. The Morgan fingerprint density at radius 1 is 0.950 bits per heavy atom. The highest BCUT2D eigenvalue weighted by Gasteiger charge is 2.02. The molecule has 0 amide bonds. The first-order valence-electron chi connectivity index (χ1n) is 6.83. The van der Waals surface area contributed by atoms with Crippen molar-refractivity contribution >= 4 is 11.6 Å². The predicted molar refractivity (Wildman–Crippen MR) is 84.0 cm³/mol. The molecule has 0 aliphatic carbocycles. The summed E-state index contributed by atoms with van der Waals surface area (Å²) in [5, 5.41) is 3.93. The number of hydrogen-bond acceptors (Lipinski definition) is 2. The molecule has 2 aromatic carbocycles. The van der Waals surface area contributed by atoms with E-state index in [9.17, 15) is 0 Å². The monoisotopic (exact) mass is 289 g/mol. The molecule has 0 unspecified atom stereocenters. The van der Waals surface area contributed by atoms with E-state index < -0.39 is 0 Å². The highest BCUT2D eigenvalue weighted by molar-refractivity contribution is 6.30. The van der Waals surface area contributed by atoms with Crippen molar-refractivity contribution in [3.63, 3.8) is 0 Å². The Kier molecular flexibility index (Phi) is 6.06. The van der Waals surface area contributed by atoms with Gasteiger partial charge < -0.3 is 10.1 Å². The topological polar surface area (TPSA) is 21.3 Å². The van der Waals surface area contributed by atoms with Crippen molar-refractivity contribution in [3.8, 4) is 0 Å². The molecular weight excluding hydrogens is 270 g/mol. The van der Waals surface area contributed by atoms with Gasteiger partial charge in [0.2, 0.25) is 0 Å². The van der Waals surface area contributed by atoms with Crippen molar-refractivity contribution in [2.24, 2.45) is 0 Å². The van der Waals surface area contributed by atoms with Crippen LogP contribution in [0, 0.1) is 0 Å². The van der Waals surface area contributed by atoms with E-state index in [-0.39, 0.29) is 0 Å². The van der Waals surface area contributed by atoms with Gasteiger partial charge in [-0.15, -0.1) is 0 Å². The normalized spacial score (nSPS) is 10.7.